The molecule has 144 valence electrons. The lowest BCUT2D eigenvalue weighted by molar-refractivity contribution is 1.19. The Morgan fingerprint density at radius 3 is 1.11 bits per heavy atom. The quantitative estimate of drug-likeness (QED) is 0.355. The fourth-order valence-corrected chi connectivity index (χ4v) is 12.7. The third kappa shape index (κ3) is 3.99. The van der Waals surface area contributed by atoms with Crippen molar-refractivity contribution in [3.63, 3.8) is 0 Å². The molecule has 0 saturated heterocycles. The van der Waals surface area contributed by atoms with E-state index in [2.05, 4.69) is 123 Å². The summed E-state index contributed by atoms with van der Waals surface area (Å²) in [6.45, 7) is 7.17. The highest BCUT2D eigenvalue weighted by atomic mass is 28.3. The minimum absolute atomic E-state index is 1.32. The molecular formula is C26H32Si2. The van der Waals surface area contributed by atoms with Crippen LogP contribution in [0.25, 0.3) is 0 Å². The SMILES string of the molecule is CC[Si](/C=C/[Si](c1ccccc1)(c1ccccc1)c1ccccc1)(CC)CC. The zero-order valence-electron chi connectivity index (χ0n) is 17.4. The van der Waals surface area contributed by atoms with E-state index in [0.29, 0.717) is 0 Å². The average molecular weight is 401 g/mol. The Balaban J connectivity index is 2.31. The minimum Gasteiger partial charge on any atom is -0.101 e. The molecule has 0 fully saturated rings. The largest absolute Gasteiger partial charge is 0.171 e. The first-order chi connectivity index (χ1) is 13.7. The zero-order valence-corrected chi connectivity index (χ0v) is 19.4. The number of hydrogen-bond donors (Lipinski definition) is 0. The molecule has 0 bridgehead atoms. The molecule has 0 spiro atoms. The molecule has 0 saturated carbocycles. The van der Waals surface area contributed by atoms with E-state index >= 15 is 0 Å². The molecule has 3 rings (SSSR count). The van der Waals surface area contributed by atoms with Crippen LogP contribution in [-0.4, -0.2) is 16.1 Å². The van der Waals surface area contributed by atoms with Crippen LogP contribution in [0, 0.1) is 0 Å². The molecule has 0 nitrogen and oxygen atoms in total. The summed E-state index contributed by atoms with van der Waals surface area (Å²) in [4.78, 5) is 0. The van der Waals surface area contributed by atoms with Gasteiger partial charge in [0.15, 0.2) is 8.07 Å². The second-order valence-electron chi connectivity index (χ2n) is 7.66. The molecule has 0 heterocycles. The third-order valence-electron chi connectivity index (χ3n) is 6.49. The molecule has 0 unspecified atom stereocenters. The second kappa shape index (κ2) is 9.35. The van der Waals surface area contributed by atoms with Crippen LogP contribution < -0.4 is 15.6 Å². The fraction of sp³-hybridized carbons (Fsp3) is 0.231. The van der Waals surface area contributed by atoms with Crippen molar-refractivity contribution < 1.29 is 0 Å². The maximum atomic E-state index is 2.70. The van der Waals surface area contributed by atoms with Gasteiger partial charge in [-0.1, -0.05) is 136 Å². The van der Waals surface area contributed by atoms with E-state index < -0.39 is 16.1 Å². The fourth-order valence-electron chi connectivity index (χ4n) is 4.30. The van der Waals surface area contributed by atoms with Gasteiger partial charge in [0.1, 0.15) is 0 Å². The van der Waals surface area contributed by atoms with Gasteiger partial charge in [-0.3, -0.25) is 0 Å². The summed E-state index contributed by atoms with van der Waals surface area (Å²) in [6.07, 6.45) is 0. The van der Waals surface area contributed by atoms with Gasteiger partial charge in [0, 0.05) is 0 Å². The van der Waals surface area contributed by atoms with Crippen molar-refractivity contribution in [3.05, 3.63) is 102 Å². The number of rotatable bonds is 8. The molecule has 0 radical (unpaired) electrons. The Morgan fingerprint density at radius 2 is 0.821 bits per heavy atom. The lowest BCUT2D eigenvalue weighted by atomic mass is 10.3. The summed E-state index contributed by atoms with van der Waals surface area (Å²) in [5.74, 6) is 0. The summed E-state index contributed by atoms with van der Waals surface area (Å²) < 4.78 is 0. The van der Waals surface area contributed by atoms with Gasteiger partial charge < -0.3 is 0 Å². The summed E-state index contributed by atoms with van der Waals surface area (Å²) in [5.41, 5.74) is 5.38. The van der Waals surface area contributed by atoms with Gasteiger partial charge in [-0.15, -0.1) is 5.70 Å². The summed E-state index contributed by atoms with van der Waals surface area (Å²) >= 11 is 0. The van der Waals surface area contributed by atoms with E-state index in [4.69, 9.17) is 0 Å². The maximum Gasteiger partial charge on any atom is 0.171 e. The Morgan fingerprint density at radius 1 is 0.500 bits per heavy atom. The van der Waals surface area contributed by atoms with Crippen molar-refractivity contribution in [2.45, 2.75) is 38.9 Å². The van der Waals surface area contributed by atoms with Crippen molar-refractivity contribution >= 4 is 31.7 Å². The molecule has 3 aromatic rings. The van der Waals surface area contributed by atoms with Gasteiger partial charge in [-0.2, -0.15) is 0 Å². The molecule has 0 amide bonds. The van der Waals surface area contributed by atoms with E-state index in [1.165, 1.54) is 33.7 Å². The molecule has 0 N–H and O–H groups in total. The molecule has 0 aliphatic rings. The molecule has 28 heavy (non-hydrogen) atoms. The monoisotopic (exact) mass is 400 g/mol. The predicted octanol–water partition coefficient (Wildman–Crippen LogP) is 5.30. The first-order valence-electron chi connectivity index (χ1n) is 10.6. The minimum atomic E-state index is -2.23. The van der Waals surface area contributed by atoms with Gasteiger partial charge in [-0.25, -0.2) is 0 Å². The van der Waals surface area contributed by atoms with Crippen LogP contribution in [0.2, 0.25) is 18.1 Å². The van der Waals surface area contributed by atoms with Gasteiger partial charge >= 0.3 is 0 Å². The molecule has 0 aromatic heterocycles. The smallest absolute Gasteiger partial charge is 0.101 e. The molecule has 0 atom stereocenters. The Labute approximate surface area is 173 Å². The first-order valence-corrected chi connectivity index (χ1v) is 15.4. The number of benzene rings is 3. The van der Waals surface area contributed by atoms with Crippen molar-refractivity contribution in [2.75, 3.05) is 0 Å². The Bertz CT molecular complexity index is 761. The molecule has 0 aliphatic heterocycles. The average Bonchev–Trinajstić information content (AvgIpc) is 2.79. The van der Waals surface area contributed by atoms with E-state index in [-0.39, 0.29) is 0 Å². The van der Waals surface area contributed by atoms with Crippen molar-refractivity contribution in [3.8, 4) is 0 Å². The van der Waals surface area contributed by atoms with Gasteiger partial charge in [0.05, 0.1) is 8.07 Å². The Kier molecular flexibility index (Phi) is 6.87. The molecular weight excluding hydrogens is 368 g/mol. The van der Waals surface area contributed by atoms with Crippen LogP contribution >= 0.6 is 0 Å². The Hall–Kier alpha value is -2.17. The molecule has 3 aromatic carbocycles. The van der Waals surface area contributed by atoms with Crippen molar-refractivity contribution in [1.82, 2.24) is 0 Å². The van der Waals surface area contributed by atoms with Gasteiger partial charge in [0.25, 0.3) is 0 Å². The van der Waals surface area contributed by atoms with Crippen LogP contribution in [0.3, 0.4) is 0 Å². The summed E-state index contributed by atoms with van der Waals surface area (Å²) in [5, 5.41) is 4.40. The normalized spacial score (nSPS) is 12.4. The lowest BCUT2D eigenvalue weighted by Crippen LogP contribution is -2.66. The van der Waals surface area contributed by atoms with Gasteiger partial charge in [0.2, 0.25) is 0 Å². The van der Waals surface area contributed by atoms with Crippen LogP contribution in [0.4, 0.5) is 0 Å². The van der Waals surface area contributed by atoms with E-state index in [9.17, 15) is 0 Å². The topological polar surface area (TPSA) is 0 Å². The molecule has 2 heteroatoms. The number of hydrogen-bond acceptors (Lipinski definition) is 0. The van der Waals surface area contributed by atoms with Crippen molar-refractivity contribution in [2.24, 2.45) is 0 Å². The van der Waals surface area contributed by atoms with Crippen molar-refractivity contribution in [1.29, 1.82) is 0 Å². The van der Waals surface area contributed by atoms with Crippen LogP contribution in [-0.2, 0) is 0 Å². The summed E-state index contributed by atoms with van der Waals surface area (Å²) in [6, 6.07) is 37.5. The van der Waals surface area contributed by atoms with E-state index in [1.807, 2.05) is 0 Å². The zero-order chi connectivity index (χ0) is 19.9. The van der Waals surface area contributed by atoms with Crippen LogP contribution in [0.15, 0.2) is 102 Å². The van der Waals surface area contributed by atoms with Crippen LogP contribution in [0.5, 0.6) is 0 Å². The first kappa shape index (κ1) is 20.6. The second-order valence-corrected chi connectivity index (χ2v) is 16.5. The third-order valence-corrected chi connectivity index (χ3v) is 16.3. The highest BCUT2D eigenvalue weighted by molar-refractivity contribution is 7.15. The van der Waals surface area contributed by atoms with E-state index in [1.54, 1.807) is 0 Å². The standard InChI is InChI=1S/C26H32Si2/c1-4-27(5-2,6-3)22-23-28(24-16-10-7-11-17-24,25-18-12-8-13-19-25)26-20-14-9-15-21-26/h7-23H,4-6H2,1-3H3/b23-22+. The van der Waals surface area contributed by atoms with Gasteiger partial charge in [-0.05, 0) is 15.6 Å². The highest BCUT2D eigenvalue weighted by Gasteiger charge is 2.38. The summed E-state index contributed by atoms with van der Waals surface area (Å²) in [7, 11) is -3.60. The maximum absolute atomic E-state index is 2.70. The molecule has 0 aliphatic carbocycles. The van der Waals surface area contributed by atoms with E-state index in [0.717, 1.165) is 0 Å². The predicted molar refractivity (Wildman–Crippen MR) is 130 cm³/mol. The highest BCUT2D eigenvalue weighted by Crippen LogP contribution is 2.23. The van der Waals surface area contributed by atoms with Crippen LogP contribution in [0.1, 0.15) is 20.8 Å². The lowest BCUT2D eigenvalue weighted by Gasteiger charge is -2.33.